The van der Waals surface area contributed by atoms with Gasteiger partial charge in [-0.3, -0.25) is 0 Å². The van der Waals surface area contributed by atoms with Crippen molar-refractivity contribution >= 4 is 0 Å². The minimum absolute atomic E-state index is 0.878. The third-order valence-electron chi connectivity index (χ3n) is 5.63. The molecular weight excluding hydrogens is 244 g/mol. The van der Waals surface area contributed by atoms with E-state index in [9.17, 15) is 0 Å². The summed E-state index contributed by atoms with van der Waals surface area (Å²) in [6, 6.07) is 0.878. The summed E-state index contributed by atoms with van der Waals surface area (Å²) in [5.74, 6) is 1.94. The van der Waals surface area contributed by atoms with Crippen LogP contribution in [0, 0.1) is 11.8 Å². The SMILES string of the molecule is CC1CCC(CNCCCN(C)C2CCCCC2)CC1. The number of hydrogen-bond acceptors (Lipinski definition) is 2. The van der Waals surface area contributed by atoms with E-state index in [1.54, 1.807) is 0 Å². The number of rotatable bonds is 7. The molecule has 0 amide bonds. The van der Waals surface area contributed by atoms with Crippen LogP contribution >= 0.6 is 0 Å². The monoisotopic (exact) mass is 280 g/mol. The predicted molar refractivity (Wildman–Crippen MR) is 88.1 cm³/mol. The Morgan fingerprint density at radius 3 is 2.35 bits per heavy atom. The molecule has 0 aromatic rings. The van der Waals surface area contributed by atoms with Crippen molar-refractivity contribution in [3.8, 4) is 0 Å². The van der Waals surface area contributed by atoms with Crippen LogP contribution in [0.4, 0.5) is 0 Å². The van der Waals surface area contributed by atoms with E-state index < -0.39 is 0 Å². The Labute approximate surface area is 126 Å². The Balaban J connectivity index is 1.46. The van der Waals surface area contributed by atoms with Gasteiger partial charge in [-0.15, -0.1) is 0 Å². The zero-order valence-corrected chi connectivity index (χ0v) is 13.9. The first-order chi connectivity index (χ1) is 9.75. The fourth-order valence-electron chi connectivity index (χ4n) is 4.00. The van der Waals surface area contributed by atoms with E-state index in [4.69, 9.17) is 0 Å². The molecule has 2 saturated carbocycles. The molecular formula is C18H36N2. The van der Waals surface area contributed by atoms with Crippen molar-refractivity contribution in [2.24, 2.45) is 11.8 Å². The van der Waals surface area contributed by atoms with Crippen LogP contribution in [-0.4, -0.2) is 37.6 Å². The Morgan fingerprint density at radius 1 is 0.950 bits per heavy atom. The van der Waals surface area contributed by atoms with Crippen molar-refractivity contribution in [3.63, 3.8) is 0 Å². The maximum Gasteiger partial charge on any atom is 0.00922 e. The number of nitrogens with one attached hydrogen (secondary N) is 1. The van der Waals surface area contributed by atoms with Gasteiger partial charge in [-0.25, -0.2) is 0 Å². The molecule has 0 atom stereocenters. The summed E-state index contributed by atoms with van der Waals surface area (Å²) in [5.41, 5.74) is 0. The van der Waals surface area contributed by atoms with Gasteiger partial charge in [0.15, 0.2) is 0 Å². The highest BCUT2D eigenvalue weighted by Crippen LogP contribution is 2.27. The smallest absolute Gasteiger partial charge is 0.00922 e. The molecule has 0 radical (unpaired) electrons. The minimum Gasteiger partial charge on any atom is -0.316 e. The molecule has 1 N–H and O–H groups in total. The molecule has 20 heavy (non-hydrogen) atoms. The number of nitrogens with zero attached hydrogens (tertiary/aromatic N) is 1. The second kappa shape index (κ2) is 9.04. The van der Waals surface area contributed by atoms with Gasteiger partial charge in [-0.05, 0) is 70.6 Å². The third kappa shape index (κ3) is 5.73. The zero-order valence-electron chi connectivity index (χ0n) is 13.9. The van der Waals surface area contributed by atoms with Gasteiger partial charge in [0.1, 0.15) is 0 Å². The fourth-order valence-corrected chi connectivity index (χ4v) is 4.00. The summed E-state index contributed by atoms with van der Waals surface area (Å²) in [6.45, 7) is 6.16. The van der Waals surface area contributed by atoms with Gasteiger partial charge < -0.3 is 10.2 Å². The Morgan fingerprint density at radius 2 is 1.65 bits per heavy atom. The molecule has 2 aliphatic carbocycles. The normalized spacial score (nSPS) is 28.9. The first-order valence-electron chi connectivity index (χ1n) is 9.16. The maximum atomic E-state index is 3.70. The number of hydrogen-bond donors (Lipinski definition) is 1. The third-order valence-corrected chi connectivity index (χ3v) is 5.63. The van der Waals surface area contributed by atoms with Crippen LogP contribution in [0.5, 0.6) is 0 Å². The molecule has 2 nitrogen and oxygen atoms in total. The van der Waals surface area contributed by atoms with Crippen LogP contribution in [0.2, 0.25) is 0 Å². The van der Waals surface area contributed by atoms with Gasteiger partial charge in [0.2, 0.25) is 0 Å². The van der Waals surface area contributed by atoms with Crippen molar-refractivity contribution in [3.05, 3.63) is 0 Å². The zero-order chi connectivity index (χ0) is 14.2. The molecule has 2 heteroatoms. The quantitative estimate of drug-likeness (QED) is 0.708. The summed E-state index contributed by atoms with van der Waals surface area (Å²) in [6.07, 6.45) is 14.4. The first kappa shape index (κ1) is 16.3. The average molecular weight is 280 g/mol. The summed E-state index contributed by atoms with van der Waals surface area (Å²) < 4.78 is 0. The lowest BCUT2D eigenvalue weighted by Gasteiger charge is -2.31. The Hall–Kier alpha value is -0.0800. The first-order valence-corrected chi connectivity index (χ1v) is 9.16. The van der Waals surface area contributed by atoms with Gasteiger partial charge in [0.05, 0.1) is 0 Å². The van der Waals surface area contributed by atoms with Crippen molar-refractivity contribution in [2.45, 2.75) is 77.2 Å². The van der Waals surface area contributed by atoms with E-state index in [0.29, 0.717) is 0 Å². The van der Waals surface area contributed by atoms with Crippen LogP contribution in [0.15, 0.2) is 0 Å². The molecule has 2 aliphatic rings. The van der Waals surface area contributed by atoms with Gasteiger partial charge in [0.25, 0.3) is 0 Å². The topological polar surface area (TPSA) is 15.3 Å². The lowest BCUT2D eigenvalue weighted by molar-refractivity contribution is 0.189. The van der Waals surface area contributed by atoms with Crippen LogP contribution < -0.4 is 5.32 Å². The fraction of sp³-hybridized carbons (Fsp3) is 1.00. The molecule has 118 valence electrons. The lowest BCUT2D eigenvalue weighted by Crippen LogP contribution is -2.35. The summed E-state index contributed by atoms with van der Waals surface area (Å²) >= 11 is 0. The van der Waals surface area contributed by atoms with E-state index in [2.05, 4.69) is 24.2 Å². The molecule has 0 aromatic heterocycles. The van der Waals surface area contributed by atoms with Crippen LogP contribution in [0.3, 0.4) is 0 Å². The average Bonchev–Trinajstić information content (AvgIpc) is 2.49. The molecule has 0 saturated heterocycles. The summed E-state index contributed by atoms with van der Waals surface area (Å²) in [5, 5.41) is 3.70. The highest BCUT2D eigenvalue weighted by atomic mass is 15.1. The molecule has 0 spiro atoms. The Bertz CT molecular complexity index is 240. The highest BCUT2D eigenvalue weighted by Gasteiger charge is 2.18. The molecule has 0 heterocycles. The van der Waals surface area contributed by atoms with Gasteiger partial charge in [-0.1, -0.05) is 39.0 Å². The summed E-state index contributed by atoms with van der Waals surface area (Å²) in [7, 11) is 2.33. The largest absolute Gasteiger partial charge is 0.316 e. The van der Waals surface area contributed by atoms with E-state index in [1.165, 1.54) is 83.8 Å². The van der Waals surface area contributed by atoms with Crippen molar-refractivity contribution in [1.82, 2.24) is 10.2 Å². The van der Waals surface area contributed by atoms with Crippen molar-refractivity contribution < 1.29 is 0 Å². The van der Waals surface area contributed by atoms with Crippen molar-refractivity contribution in [1.29, 1.82) is 0 Å². The van der Waals surface area contributed by atoms with Crippen LogP contribution in [0.25, 0.3) is 0 Å². The van der Waals surface area contributed by atoms with Crippen LogP contribution in [0.1, 0.15) is 71.1 Å². The molecule has 2 fully saturated rings. The molecule has 0 aliphatic heterocycles. The Kier molecular flexibility index (Phi) is 7.37. The van der Waals surface area contributed by atoms with E-state index in [1.807, 2.05) is 0 Å². The van der Waals surface area contributed by atoms with E-state index in [0.717, 1.165) is 17.9 Å². The van der Waals surface area contributed by atoms with Gasteiger partial charge >= 0.3 is 0 Å². The second-order valence-corrected chi connectivity index (χ2v) is 7.46. The second-order valence-electron chi connectivity index (χ2n) is 7.46. The molecule has 0 unspecified atom stereocenters. The molecule has 0 bridgehead atoms. The van der Waals surface area contributed by atoms with E-state index in [-0.39, 0.29) is 0 Å². The lowest BCUT2D eigenvalue weighted by atomic mass is 9.83. The van der Waals surface area contributed by atoms with Crippen molar-refractivity contribution in [2.75, 3.05) is 26.7 Å². The predicted octanol–water partition coefficient (Wildman–Crippen LogP) is 4.06. The van der Waals surface area contributed by atoms with E-state index >= 15 is 0 Å². The highest BCUT2D eigenvalue weighted by molar-refractivity contribution is 4.74. The maximum absolute atomic E-state index is 3.70. The molecule has 2 rings (SSSR count). The van der Waals surface area contributed by atoms with Crippen LogP contribution in [-0.2, 0) is 0 Å². The van der Waals surface area contributed by atoms with Gasteiger partial charge in [-0.2, -0.15) is 0 Å². The summed E-state index contributed by atoms with van der Waals surface area (Å²) in [4.78, 5) is 2.61. The minimum atomic E-state index is 0.878. The van der Waals surface area contributed by atoms with Gasteiger partial charge in [0, 0.05) is 6.04 Å². The standard InChI is InChI=1S/C18H36N2/c1-16-9-11-17(12-10-16)15-19-13-6-14-20(2)18-7-4-3-5-8-18/h16-19H,3-15H2,1-2H3. The molecule has 0 aromatic carbocycles.